The Labute approximate surface area is 152 Å². The molecule has 0 amide bonds. The molecule has 2 rings (SSSR count). The largest absolute Gasteiger partial charge is 0.366 e. The first-order valence-corrected chi connectivity index (χ1v) is 10.1. The van der Waals surface area contributed by atoms with Gasteiger partial charge in [-0.15, -0.1) is 0 Å². The van der Waals surface area contributed by atoms with Crippen LogP contribution in [0.1, 0.15) is 25.0 Å². The van der Waals surface area contributed by atoms with Crippen molar-refractivity contribution in [3.8, 4) is 0 Å². The summed E-state index contributed by atoms with van der Waals surface area (Å²) in [5, 5.41) is 3.27. The highest BCUT2D eigenvalue weighted by molar-refractivity contribution is 9.10. The van der Waals surface area contributed by atoms with Crippen LogP contribution in [0.2, 0.25) is 0 Å². The SMILES string of the molecule is CCN(CC)S(=O)(=O)c1ccc(CNc2ncc(Br)cc2C)cc1. The second-order valence-corrected chi connectivity index (χ2v) is 8.26. The average molecular weight is 412 g/mol. The van der Waals surface area contributed by atoms with Crippen molar-refractivity contribution in [3.05, 3.63) is 52.1 Å². The topological polar surface area (TPSA) is 62.3 Å². The molecule has 0 bridgehead atoms. The molecule has 1 aromatic heterocycles. The standard InChI is InChI=1S/C17H22BrN3O2S/c1-4-21(5-2)24(22,23)16-8-6-14(7-9-16)11-19-17-13(3)10-15(18)12-20-17/h6-10,12H,4-5,11H2,1-3H3,(H,19,20). The van der Waals surface area contributed by atoms with E-state index in [2.05, 4.69) is 26.2 Å². The second-order valence-electron chi connectivity index (χ2n) is 5.41. The molecule has 24 heavy (non-hydrogen) atoms. The van der Waals surface area contributed by atoms with Gasteiger partial charge in [-0.05, 0) is 52.2 Å². The van der Waals surface area contributed by atoms with E-state index in [0.29, 0.717) is 24.5 Å². The van der Waals surface area contributed by atoms with E-state index in [4.69, 9.17) is 0 Å². The molecule has 0 atom stereocenters. The lowest BCUT2D eigenvalue weighted by atomic mass is 10.2. The third-order valence-electron chi connectivity index (χ3n) is 3.77. The van der Waals surface area contributed by atoms with Crippen LogP contribution in [-0.2, 0) is 16.6 Å². The quantitative estimate of drug-likeness (QED) is 0.752. The Morgan fingerprint density at radius 3 is 2.33 bits per heavy atom. The Balaban J connectivity index is 2.09. The molecular weight excluding hydrogens is 390 g/mol. The van der Waals surface area contributed by atoms with Gasteiger partial charge in [0.1, 0.15) is 5.82 Å². The molecule has 1 aromatic carbocycles. The second kappa shape index (κ2) is 8.09. The zero-order valence-electron chi connectivity index (χ0n) is 14.1. The smallest absolute Gasteiger partial charge is 0.243 e. The monoisotopic (exact) mass is 411 g/mol. The summed E-state index contributed by atoms with van der Waals surface area (Å²) in [4.78, 5) is 4.66. The molecule has 0 unspecified atom stereocenters. The lowest BCUT2D eigenvalue weighted by molar-refractivity contribution is 0.445. The van der Waals surface area contributed by atoms with Crippen LogP contribution in [0.3, 0.4) is 0 Å². The maximum Gasteiger partial charge on any atom is 0.243 e. The summed E-state index contributed by atoms with van der Waals surface area (Å²) in [5.41, 5.74) is 2.04. The van der Waals surface area contributed by atoms with Crippen LogP contribution in [0.15, 0.2) is 45.9 Å². The number of pyridine rings is 1. The number of rotatable bonds is 7. The Morgan fingerprint density at radius 1 is 1.17 bits per heavy atom. The highest BCUT2D eigenvalue weighted by Gasteiger charge is 2.21. The summed E-state index contributed by atoms with van der Waals surface area (Å²) in [7, 11) is -3.40. The molecule has 0 radical (unpaired) electrons. The number of nitrogens with zero attached hydrogens (tertiary/aromatic N) is 2. The minimum Gasteiger partial charge on any atom is -0.366 e. The van der Waals surface area contributed by atoms with Crippen LogP contribution < -0.4 is 5.32 Å². The van der Waals surface area contributed by atoms with Crippen molar-refractivity contribution >= 4 is 31.8 Å². The first kappa shape index (κ1) is 18.9. The Bertz CT molecular complexity index is 788. The average Bonchev–Trinajstić information content (AvgIpc) is 2.55. The number of nitrogens with one attached hydrogen (secondary N) is 1. The summed E-state index contributed by atoms with van der Waals surface area (Å²) >= 11 is 3.39. The molecule has 2 aromatic rings. The van der Waals surface area contributed by atoms with Crippen LogP contribution in [0, 0.1) is 6.92 Å². The van der Waals surface area contributed by atoms with Gasteiger partial charge in [-0.3, -0.25) is 0 Å². The molecule has 0 aliphatic rings. The molecule has 0 saturated carbocycles. The molecule has 7 heteroatoms. The number of halogens is 1. The number of hydrogen-bond acceptors (Lipinski definition) is 4. The number of hydrogen-bond donors (Lipinski definition) is 1. The van der Waals surface area contributed by atoms with Crippen LogP contribution in [0.5, 0.6) is 0 Å². The summed E-state index contributed by atoms with van der Waals surface area (Å²) in [6, 6.07) is 8.98. The van der Waals surface area contributed by atoms with E-state index in [1.54, 1.807) is 18.3 Å². The summed E-state index contributed by atoms with van der Waals surface area (Å²) in [5.74, 6) is 0.818. The van der Waals surface area contributed by atoms with Crippen molar-refractivity contribution in [3.63, 3.8) is 0 Å². The lowest BCUT2D eigenvalue weighted by Gasteiger charge is -2.18. The molecule has 1 N–H and O–H groups in total. The predicted molar refractivity (Wildman–Crippen MR) is 101 cm³/mol. The van der Waals surface area contributed by atoms with Gasteiger partial charge in [0, 0.05) is 30.3 Å². The van der Waals surface area contributed by atoms with Gasteiger partial charge >= 0.3 is 0 Å². The van der Waals surface area contributed by atoms with Gasteiger partial charge in [-0.25, -0.2) is 13.4 Å². The fraction of sp³-hybridized carbons (Fsp3) is 0.353. The molecule has 0 aliphatic heterocycles. The highest BCUT2D eigenvalue weighted by atomic mass is 79.9. The maximum atomic E-state index is 12.5. The van der Waals surface area contributed by atoms with E-state index in [9.17, 15) is 8.42 Å². The normalized spacial score (nSPS) is 11.7. The first-order valence-electron chi connectivity index (χ1n) is 7.83. The van der Waals surface area contributed by atoms with E-state index in [1.165, 1.54) is 4.31 Å². The van der Waals surface area contributed by atoms with Crippen LogP contribution in [-0.4, -0.2) is 30.8 Å². The van der Waals surface area contributed by atoms with Crippen molar-refractivity contribution in [2.45, 2.75) is 32.2 Å². The number of benzene rings is 1. The van der Waals surface area contributed by atoms with Gasteiger partial charge in [0.05, 0.1) is 4.90 Å². The number of anilines is 1. The zero-order chi connectivity index (χ0) is 17.7. The molecule has 0 spiro atoms. The van der Waals surface area contributed by atoms with Crippen molar-refractivity contribution < 1.29 is 8.42 Å². The minimum absolute atomic E-state index is 0.327. The molecule has 0 fully saturated rings. The van der Waals surface area contributed by atoms with Gasteiger partial charge in [-0.1, -0.05) is 26.0 Å². The van der Waals surface area contributed by atoms with Crippen molar-refractivity contribution in [2.24, 2.45) is 0 Å². The van der Waals surface area contributed by atoms with E-state index in [1.807, 2.05) is 39.0 Å². The van der Waals surface area contributed by atoms with Gasteiger partial charge < -0.3 is 5.32 Å². The van der Waals surface area contributed by atoms with Gasteiger partial charge in [0.15, 0.2) is 0 Å². The van der Waals surface area contributed by atoms with Crippen LogP contribution >= 0.6 is 15.9 Å². The fourth-order valence-electron chi connectivity index (χ4n) is 2.40. The number of aryl methyl sites for hydroxylation is 1. The van der Waals surface area contributed by atoms with E-state index in [-0.39, 0.29) is 0 Å². The van der Waals surface area contributed by atoms with Gasteiger partial charge in [0.2, 0.25) is 10.0 Å². The molecular formula is C17H22BrN3O2S. The van der Waals surface area contributed by atoms with Crippen molar-refractivity contribution in [2.75, 3.05) is 18.4 Å². The van der Waals surface area contributed by atoms with E-state index >= 15 is 0 Å². The summed E-state index contributed by atoms with van der Waals surface area (Å²) < 4.78 is 27.3. The Morgan fingerprint density at radius 2 is 1.79 bits per heavy atom. The van der Waals surface area contributed by atoms with Gasteiger partial charge in [-0.2, -0.15) is 4.31 Å². The van der Waals surface area contributed by atoms with Crippen molar-refractivity contribution in [1.82, 2.24) is 9.29 Å². The Hall–Kier alpha value is -1.44. The number of aromatic nitrogens is 1. The first-order chi connectivity index (χ1) is 11.4. The van der Waals surface area contributed by atoms with Crippen LogP contribution in [0.25, 0.3) is 0 Å². The van der Waals surface area contributed by atoms with Crippen molar-refractivity contribution in [1.29, 1.82) is 0 Å². The highest BCUT2D eigenvalue weighted by Crippen LogP contribution is 2.19. The summed E-state index contributed by atoms with van der Waals surface area (Å²) in [6.07, 6.45) is 1.75. The zero-order valence-corrected chi connectivity index (χ0v) is 16.5. The fourth-order valence-corrected chi connectivity index (χ4v) is 4.31. The van der Waals surface area contributed by atoms with Crippen LogP contribution in [0.4, 0.5) is 5.82 Å². The van der Waals surface area contributed by atoms with Gasteiger partial charge in [0.25, 0.3) is 0 Å². The maximum absolute atomic E-state index is 12.5. The Kier molecular flexibility index (Phi) is 6.37. The third-order valence-corrected chi connectivity index (χ3v) is 6.27. The summed E-state index contributed by atoms with van der Waals surface area (Å²) in [6.45, 7) is 7.19. The number of sulfonamides is 1. The molecule has 130 valence electrons. The third kappa shape index (κ3) is 4.34. The molecule has 0 aliphatic carbocycles. The lowest BCUT2D eigenvalue weighted by Crippen LogP contribution is -2.30. The molecule has 0 saturated heterocycles. The predicted octanol–water partition coefficient (Wildman–Crippen LogP) is 3.80. The minimum atomic E-state index is -3.40. The van der Waals surface area contributed by atoms with E-state index < -0.39 is 10.0 Å². The molecule has 5 nitrogen and oxygen atoms in total. The molecule has 1 heterocycles. The van der Waals surface area contributed by atoms with E-state index in [0.717, 1.165) is 21.4 Å².